The van der Waals surface area contributed by atoms with Gasteiger partial charge >= 0.3 is 17.9 Å². The van der Waals surface area contributed by atoms with Gasteiger partial charge in [-0.15, -0.1) is 0 Å². The van der Waals surface area contributed by atoms with E-state index in [2.05, 4.69) is 111 Å². The van der Waals surface area contributed by atoms with Gasteiger partial charge in [-0.3, -0.25) is 9.59 Å². The molecule has 0 aliphatic rings. The Labute approximate surface area is 588 Å². The van der Waals surface area contributed by atoms with Crippen molar-refractivity contribution in [3.8, 4) is 0 Å². The van der Waals surface area contributed by atoms with Gasteiger partial charge in [0.2, 0.25) is 0 Å². The lowest BCUT2D eigenvalue weighted by molar-refractivity contribution is -0.870. The number of hydrogen-bond acceptors (Lipinski definition) is 7. The first-order valence-corrected chi connectivity index (χ1v) is 40.4. The largest absolute Gasteiger partial charge is 0.477 e. The summed E-state index contributed by atoms with van der Waals surface area (Å²) in [4.78, 5) is 37.7. The minimum Gasteiger partial charge on any atom is -0.477 e. The predicted molar refractivity (Wildman–Crippen MR) is 410 cm³/mol. The molecule has 0 aliphatic heterocycles. The molecule has 0 saturated heterocycles. The molecule has 2 atom stereocenters. The molecule has 1 N–H and O–H groups in total. The number of aliphatic carboxylic acids is 1. The van der Waals surface area contributed by atoms with E-state index in [0.29, 0.717) is 23.9 Å². The van der Waals surface area contributed by atoms with Crippen molar-refractivity contribution in [2.24, 2.45) is 0 Å². The molecule has 0 aromatic heterocycles. The normalized spacial score (nSPS) is 13.1. The van der Waals surface area contributed by atoms with E-state index in [1.54, 1.807) is 0 Å². The summed E-state index contributed by atoms with van der Waals surface area (Å²) < 4.78 is 23.0. The number of quaternary nitrogens is 1. The number of likely N-dealkylation sites (N-methyl/N-ethyl adjacent to an activating group) is 1. The van der Waals surface area contributed by atoms with Crippen LogP contribution in [0.1, 0.15) is 373 Å². The number of carboxylic acid groups (broad SMARTS) is 1. The van der Waals surface area contributed by atoms with Crippen molar-refractivity contribution in [2.75, 3.05) is 47.5 Å². The number of rotatable bonds is 75. The summed E-state index contributed by atoms with van der Waals surface area (Å²) in [6, 6.07) is 0. The Morgan fingerprint density at radius 2 is 0.600 bits per heavy atom. The summed E-state index contributed by atoms with van der Waals surface area (Å²) >= 11 is 0. The first-order chi connectivity index (χ1) is 46.6. The van der Waals surface area contributed by atoms with Crippen molar-refractivity contribution in [1.29, 1.82) is 0 Å². The lowest BCUT2D eigenvalue weighted by Crippen LogP contribution is -2.40. The lowest BCUT2D eigenvalue weighted by Gasteiger charge is -2.25. The Morgan fingerprint density at radius 3 is 0.895 bits per heavy atom. The fourth-order valence-electron chi connectivity index (χ4n) is 11.7. The standard InChI is InChI=1S/C86H153NO8/c1-6-8-10-12-14-16-18-20-22-24-26-28-30-32-34-36-38-39-40-41-42-43-44-45-47-48-50-52-54-56-58-60-62-64-66-68-70-72-74-76-83(88)93-80-82(81-94-86(85(90)91)92-79-78-87(3,4)5)95-84(89)77-75-73-71-69-67-65-63-61-59-57-55-53-51-49-46-37-35-33-31-29-27-25-23-21-19-17-15-13-11-9-7-2/h9,11,15,17,21,23,27,29,33,35,46,49,53,55,59,61,82,86H,6-8,10,12-14,16,18-20,22,24-26,28,30-32,34,36-45,47-48,50-52,54,56-58,60,62-81H2,1-5H3/p+1/b11-9-,17-15-,23-21-,29-27-,35-33-,49-46-,55-53-,61-59-. The maximum absolute atomic E-state index is 13.0. The molecular formula is C86H154NO8+. The molecule has 0 aromatic carbocycles. The molecule has 0 heterocycles. The van der Waals surface area contributed by atoms with Gasteiger partial charge < -0.3 is 28.5 Å². The van der Waals surface area contributed by atoms with Gasteiger partial charge in [0.15, 0.2) is 6.10 Å². The van der Waals surface area contributed by atoms with Crippen LogP contribution in [0.2, 0.25) is 0 Å². The molecule has 0 spiro atoms. The maximum atomic E-state index is 13.0. The third kappa shape index (κ3) is 77.4. The van der Waals surface area contributed by atoms with Crippen LogP contribution in [0, 0.1) is 0 Å². The van der Waals surface area contributed by atoms with Crippen molar-refractivity contribution in [1.82, 2.24) is 0 Å². The van der Waals surface area contributed by atoms with Crippen LogP contribution >= 0.6 is 0 Å². The van der Waals surface area contributed by atoms with Crippen molar-refractivity contribution < 1.29 is 42.9 Å². The van der Waals surface area contributed by atoms with Gasteiger partial charge in [0.05, 0.1) is 34.4 Å². The van der Waals surface area contributed by atoms with Gasteiger partial charge in [-0.05, 0) is 77.0 Å². The zero-order chi connectivity index (χ0) is 69.0. The molecule has 0 saturated carbocycles. The number of ether oxygens (including phenoxy) is 4. The van der Waals surface area contributed by atoms with Crippen molar-refractivity contribution in [3.63, 3.8) is 0 Å². The Kier molecular flexibility index (Phi) is 72.9. The molecule has 2 unspecified atom stereocenters. The van der Waals surface area contributed by atoms with E-state index in [-0.39, 0.29) is 32.2 Å². The molecule has 0 aromatic rings. The van der Waals surface area contributed by atoms with Crippen molar-refractivity contribution >= 4 is 17.9 Å². The van der Waals surface area contributed by atoms with Gasteiger partial charge in [0, 0.05) is 12.8 Å². The maximum Gasteiger partial charge on any atom is 0.361 e. The third-order valence-corrected chi connectivity index (χ3v) is 17.9. The van der Waals surface area contributed by atoms with Crippen molar-refractivity contribution in [2.45, 2.75) is 386 Å². The highest BCUT2D eigenvalue weighted by Gasteiger charge is 2.25. The van der Waals surface area contributed by atoms with Gasteiger partial charge in [0.25, 0.3) is 6.29 Å². The molecule has 0 fully saturated rings. The number of carbonyl (C=O) groups excluding carboxylic acids is 2. The van der Waals surface area contributed by atoms with Gasteiger partial charge in [-0.2, -0.15) is 0 Å². The highest BCUT2D eigenvalue weighted by atomic mass is 16.7. The van der Waals surface area contributed by atoms with E-state index < -0.39 is 24.3 Å². The summed E-state index contributed by atoms with van der Waals surface area (Å²) in [5, 5.41) is 9.77. The van der Waals surface area contributed by atoms with Crippen LogP contribution < -0.4 is 0 Å². The smallest absolute Gasteiger partial charge is 0.361 e. The van der Waals surface area contributed by atoms with E-state index in [1.165, 1.54) is 231 Å². The molecule has 0 rings (SSSR count). The quantitative estimate of drug-likeness (QED) is 0.0211. The van der Waals surface area contributed by atoms with Crippen LogP contribution in [-0.4, -0.2) is 87.4 Å². The van der Waals surface area contributed by atoms with E-state index in [4.69, 9.17) is 18.9 Å². The summed E-state index contributed by atoms with van der Waals surface area (Å²) in [6.07, 6.45) is 103. The summed E-state index contributed by atoms with van der Waals surface area (Å²) in [5.74, 6) is -2.01. The first-order valence-electron chi connectivity index (χ1n) is 40.4. The van der Waals surface area contributed by atoms with Crippen LogP contribution in [0.25, 0.3) is 0 Å². The van der Waals surface area contributed by atoms with E-state index in [9.17, 15) is 19.5 Å². The topological polar surface area (TPSA) is 108 Å². The number of carboxylic acids is 1. The molecule has 95 heavy (non-hydrogen) atoms. The molecule has 0 bridgehead atoms. The predicted octanol–water partition coefficient (Wildman–Crippen LogP) is 25.9. The molecular weight excluding hydrogens is 1170 g/mol. The number of esters is 2. The number of hydrogen-bond donors (Lipinski definition) is 1. The Balaban J connectivity index is 4.02. The molecule has 9 heteroatoms. The zero-order valence-corrected chi connectivity index (χ0v) is 63.1. The Hall–Kier alpha value is -3.79. The van der Waals surface area contributed by atoms with Crippen LogP contribution in [-0.2, 0) is 33.3 Å². The van der Waals surface area contributed by atoms with E-state index >= 15 is 0 Å². The Morgan fingerprint density at radius 1 is 0.326 bits per heavy atom. The van der Waals surface area contributed by atoms with E-state index in [0.717, 1.165) is 109 Å². The monoisotopic (exact) mass is 1330 g/mol. The fourth-order valence-corrected chi connectivity index (χ4v) is 11.7. The second-order valence-corrected chi connectivity index (χ2v) is 28.4. The van der Waals surface area contributed by atoms with Gasteiger partial charge in [0.1, 0.15) is 13.2 Å². The van der Waals surface area contributed by atoms with E-state index in [1.807, 2.05) is 21.1 Å². The molecule has 0 radical (unpaired) electrons. The highest BCUT2D eigenvalue weighted by molar-refractivity contribution is 5.71. The minimum atomic E-state index is -1.52. The molecule has 0 amide bonds. The fraction of sp³-hybridized carbons (Fsp3) is 0.779. The second-order valence-electron chi connectivity index (χ2n) is 28.4. The molecule has 550 valence electrons. The average Bonchev–Trinajstić information content (AvgIpc) is 3.24. The number of allylic oxidation sites excluding steroid dienone is 16. The van der Waals surface area contributed by atoms with Crippen LogP contribution in [0.15, 0.2) is 97.2 Å². The van der Waals surface area contributed by atoms with Crippen molar-refractivity contribution in [3.05, 3.63) is 97.2 Å². The highest BCUT2D eigenvalue weighted by Crippen LogP contribution is 2.19. The summed E-state index contributed by atoms with van der Waals surface area (Å²) in [5.41, 5.74) is 0. The SMILES string of the molecule is CC/C=C\C/C=C\C/C=C\C/C=C\C/C=C\C/C=C\C/C=C\C/C=C\CCCCCCCCC(=O)OC(COC(=O)CCCCCCCCCCCCCCCCCCCCCCCCCCCCCCCCCCCCCCCCC)COC(OCC[N+](C)(C)C)C(=O)O. The summed E-state index contributed by atoms with van der Waals surface area (Å²) in [6.45, 7) is 4.79. The number of nitrogens with zero attached hydrogens (tertiary/aromatic N) is 1. The second kappa shape index (κ2) is 76.0. The lowest BCUT2D eigenvalue weighted by atomic mass is 10.0. The number of carbonyl (C=O) groups is 3. The third-order valence-electron chi connectivity index (χ3n) is 17.9. The summed E-state index contributed by atoms with van der Waals surface area (Å²) in [7, 11) is 5.98. The Bertz CT molecular complexity index is 1890. The van der Waals surface area contributed by atoms with Crippen LogP contribution in [0.3, 0.4) is 0 Å². The molecule has 0 aliphatic carbocycles. The zero-order valence-electron chi connectivity index (χ0n) is 63.1. The molecule has 9 nitrogen and oxygen atoms in total. The minimum absolute atomic E-state index is 0.181. The average molecular weight is 1330 g/mol. The first kappa shape index (κ1) is 91.2. The van der Waals surface area contributed by atoms with Gasteiger partial charge in [-0.25, -0.2) is 4.79 Å². The number of unbranched alkanes of at least 4 members (excludes halogenated alkanes) is 44. The van der Waals surface area contributed by atoms with Gasteiger partial charge in [-0.1, -0.05) is 381 Å². The van der Waals surface area contributed by atoms with Crippen LogP contribution in [0.4, 0.5) is 0 Å². The van der Waals surface area contributed by atoms with Crippen LogP contribution in [0.5, 0.6) is 0 Å².